The summed E-state index contributed by atoms with van der Waals surface area (Å²) in [4.78, 5) is 0.776. The summed E-state index contributed by atoms with van der Waals surface area (Å²) in [6.07, 6.45) is 0.798. The molecule has 6 N–H and O–H groups in total. The van der Waals surface area contributed by atoms with Gasteiger partial charge in [0.2, 0.25) is 0 Å². The van der Waals surface area contributed by atoms with Crippen LogP contribution < -0.4 is 21.9 Å². The minimum Gasteiger partial charge on any atom is -0.493 e. The fourth-order valence-corrected chi connectivity index (χ4v) is 2.04. The minimum absolute atomic E-state index is 0.397. The van der Waals surface area contributed by atoms with Crippen molar-refractivity contribution in [3.05, 3.63) is 23.8 Å². The Hall–Kier alpha value is -0.0500. The maximum Gasteiger partial charge on any atom is 0.125 e. The van der Waals surface area contributed by atoms with E-state index >= 15 is 0 Å². The van der Waals surface area contributed by atoms with Crippen molar-refractivity contribution in [1.29, 1.82) is 0 Å². The van der Waals surface area contributed by atoms with E-state index in [1.165, 1.54) is 21.1 Å². The number of hydrogen-bond donors (Lipinski definition) is 6. The molecule has 0 amide bonds. The number of thiol groups is 3. The molecule has 0 saturated heterocycles. The number of rotatable bonds is 0. The van der Waals surface area contributed by atoms with E-state index in [-0.39, 0.29) is 0 Å². The molecular weight excluding hydrogens is 298 g/mol. The van der Waals surface area contributed by atoms with Gasteiger partial charge in [0.1, 0.15) is 5.75 Å². The number of fused-ring (bicyclic) bond motifs is 1. The Morgan fingerprint density at radius 1 is 1.16 bits per heavy atom. The summed E-state index contributed by atoms with van der Waals surface area (Å²) in [5.74, 6) is 0.819. The molecule has 0 spiro atoms. The van der Waals surface area contributed by atoms with Gasteiger partial charge in [-0.1, -0.05) is 0 Å². The second-order valence-electron chi connectivity index (χ2n) is 3.01. The molecule has 19 heavy (non-hydrogen) atoms. The minimum atomic E-state index is -0.397. The standard InChI is InChI=1S/C9H9OS3.3CH5N/c11-6-1-2-7-8(5-6)10-4-3-9(7,12)13;3*1-2/h2,5,11-13H,3-4H2;3*2H2,1H3. The molecule has 1 aliphatic heterocycles. The zero-order valence-electron chi connectivity index (χ0n) is 11.6. The molecule has 0 atom stereocenters. The molecule has 0 bridgehead atoms. The smallest absolute Gasteiger partial charge is 0.125 e. The number of benzene rings is 1. The highest BCUT2D eigenvalue weighted by Crippen LogP contribution is 2.44. The van der Waals surface area contributed by atoms with Gasteiger partial charge in [0, 0.05) is 16.9 Å². The van der Waals surface area contributed by atoms with Crippen molar-refractivity contribution in [2.75, 3.05) is 27.7 Å². The van der Waals surface area contributed by atoms with E-state index in [0.717, 1.165) is 22.6 Å². The third kappa shape index (κ3) is 6.78. The van der Waals surface area contributed by atoms with Crippen LogP contribution in [0.25, 0.3) is 0 Å². The largest absolute Gasteiger partial charge is 0.493 e. The molecule has 1 aliphatic rings. The predicted molar refractivity (Wildman–Crippen MR) is 92.6 cm³/mol. The van der Waals surface area contributed by atoms with Gasteiger partial charge in [0.25, 0.3) is 0 Å². The lowest BCUT2D eigenvalue weighted by Crippen LogP contribution is -2.22. The maximum atomic E-state index is 5.47. The Bertz CT molecular complexity index is 349. The SMILES string of the molecule is CN.CN.CN.Sc1[c]cc2c(c1)OCCC2(S)S. The Kier molecular flexibility index (Phi) is 13.1. The normalized spacial score (nSPS) is 13.9. The number of hydrogen-bond acceptors (Lipinski definition) is 7. The molecule has 2 rings (SSSR count). The Balaban J connectivity index is 0. The van der Waals surface area contributed by atoms with Crippen molar-refractivity contribution < 1.29 is 4.74 Å². The van der Waals surface area contributed by atoms with Crippen molar-refractivity contribution in [3.8, 4) is 5.75 Å². The van der Waals surface area contributed by atoms with Gasteiger partial charge < -0.3 is 21.9 Å². The first kappa shape index (κ1) is 21.3. The average Bonchev–Trinajstić information content (AvgIpc) is 2.44. The molecular formula is C12H24N3OS3. The van der Waals surface area contributed by atoms with Crippen LogP contribution in [0, 0.1) is 6.07 Å². The van der Waals surface area contributed by atoms with Crippen molar-refractivity contribution in [1.82, 2.24) is 0 Å². The van der Waals surface area contributed by atoms with E-state index in [0.29, 0.717) is 6.61 Å². The monoisotopic (exact) mass is 322 g/mol. The van der Waals surface area contributed by atoms with Crippen LogP contribution in [0.4, 0.5) is 0 Å². The molecule has 0 aromatic heterocycles. The fourth-order valence-electron chi connectivity index (χ4n) is 1.33. The Morgan fingerprint density at radius 2 is 1.68 bits per heavy atom. The first-order valence-corrected chi connectivity index (χ1v) is 7.00. The Morgan fingerprint density at radius 3 is 2.21 bits per heavy atom. The second kappa shape index (κ2) is 11.7. The lowest BCUT2D eigenvalue weighted by atomic mass is 10.1. The summed E-state index contributed by atoms with van der Waals surface area (Å²) in [6, 6.07) is 6.69. The van der Waals surface area contributed by atoms with Crippen LogP contribution in [0.3, 0.4) is 0 Å². The first-order chi connectivity index (χ1) is 9.09. The third-order valence-corrected chi connectivity index (χ3v) is 3.22. The quantitative estimate of drug-likeness (QED) is 0.321. The highest BCUT2D eigenvalue weighted by atomic mass is 32.2. The van der Waals surface area contributed by atoms with Gasteiger partial charge in [-0.25, -0.2) is 0 Å². The highest BCUT2D eigenvalue weighted by molar-refractivity contribution is 7.99. The van der Waals surface area contributed by atoms with Crippen molar-refractivity contribution >= 4 is 37.9 Å². The van der Waals surface area contributed by atoms with Crippen LogP contribution in [-0.2, 0) is 4.08 Å². The van der Waals surface area contributed by atoms with Crippen LogP contribution in [0.15, 0.2) is 17.0 Å². The summed E-state index contributed by atoms with van der Waals surface area (Å²) < 4.78 is 5.08. The zero-order chi connectivity index (χ0) is 15.5. The summed E-state index contributed by atoms with van der Waals surface area (Å²) in [7, 11) is 4.50. The first-order valence-electron chi connectivity index (χ1n) is 5.65. The van der Waals surface area contributed by atoms with Crippen LogP contribution in [0.1, 0.15) is 12.0 Å². The van der Waals surface area contributed by atoms with Gasteiger partial charge in [-0.05, 0) is 39.3 Å². The predicted octanol–water partition coefficient (Wildman–Crippen LogP) is 1.30. The van der Waals surface area contributed by atoms with Gasteiger partial charge in [-0.15, -0.1) is 12.6 Å². The van der Waals surface area contributed by atoms with Crippen molar-refractivity contribution in [2.24, 2.45) is 17.2 Å². The summed E-state index contributed by atoms with van der Waals surface area (Å²) in [5.41, 5.74) is 14.5. The van der Waals surface area contributed by atoms with Gasteiger partial charge in [0.05, 0.1) is 10.7 Å². The molecule has 1 aromatic rings. The van der Waals surface area contributed by atoms with E-state index in [1.54, 1.807) is 0 Å². The van der Waals surface area contributed by atoms with E-state index in [2.05, 4.69) is 61.2 Å². The molecule has 1 aromatic carbocycles. The summed E-state index contributed by atoms with van der Waals surface area (Å²) in [5, 5.41) is 0. The third-order valence-electron chi connectivity index (χ3n) is 2.04. The molecule has 0 saturated carbocycles. The molecule has 0 aliphatic carbocycles. The van der Waals surface area contributed by atoms with E-state index in [9.17, 15) is 0 Å². The topological polar surface area (TPSA) is 87.3 Å². The van der Waals surface area contributed by atoms with Gasteiger partial charge in [0.15, 0.2) is 0 Å². The lowest BCUT2D eigenvalue weighted by Gasteiger charge is -2.30. The molecule has 0 fully saturated rings. The lowest BCUT2D eigenvalue weighted by molar-refractivity contribution is 0.280. The molecule has 1 heterocycles. The van der Waals surface area contributed by atoms with E-state index in [1.807, 2.05) is 12.1 Å². The van der Waals surface area contributed by atoms with Crippen LogP contribution >= 0.6 is 37.9 Å². The maximum absolute atomic E-state index is 5.47. The number of nitrogens with two attached hydrogens (primary N) is 3. The molecule has 111 valence electrons. The van der Waals surface area contributed by atoms with Crippen LogP contribution in [0.5, 0.6) is 5.75 Å². The molecule has 7 heteroatoms. The summed E-state index contributed by atoms with van der Waals surface area (Å²) >= 11 is 13.1. The fraction of sp³-hybridized carbons (Fsp3) is 0.500. The van der Waals surface area contributed by atoms with Crippen LogP contribution in [-0.4, -0.2) is 27.7 Å². The van der Waals surface area contributed by atoms with Crippen molar-refractivity contribution in [2.45, 2.75) is 15.4 Å². The zero-order valence-corrected chi connectivity index (χ0v) is 14.2. The van der Waals surface area contributed by atoms with Gasteiger partial charge in [-0.3, -0.25) is 0 Å². The Labute approximate surface area is 132 Å². The van der Waals surface area contributed by atoms with Crippen molar-refractivity contribution in [3.63, 3.8) is 0 Å². The second-order valence-corrected chi connectivity index (χ2v) is 5.37. The summed E-state index contributed by atoms with van der Waals surface area (Å²) in [6.45, 7) is 0.650. The van der Waals surface area contributed by atoms with Gasteiger partial charge >= 0.3 is 0 Å². The molecule has 1 radical (unpaired) electrons. The van der Waals surface area contributed by atoms with Gasteiger partial charge in [-0.2, -0.15) is 25.3 Å². The van der Waals surface area contributed by atoms with Crippen LogP contribution in [0.2, 0.25) is 0 Å². The van der Waals surface area contributed by atoms with E-state index < -0.39 is 4.08 Å². The molecule has 0 unspecified atom stereocenters. The molecule has 4 nitrogen and oxygen atoms in total. The average molecular weight is 323 g/mol. The highest BCUT2D eigenvalue weighted by Gasteiger charge is 2.30. The number of ether oxygens (including phenoxy) is 1. The van der Waals surface area contributed by atoms with E-state index in [4.69, 9.17) is 4.74 Å².